The van der Waals surface area contributed by atoms with Crippen molar-refractivity contribution >= 4 is 12.0 Å². The number of fused-ring (bicyclic) bond motifs is 5. The van der Waals surface area contributed by atoms with E-state index in [1.165, 1.54) is 64.6 Å². The zero-order valence-electron chi connectivity index (χ0n) is 28.0. The van der Waals surface area contributed by atoms with Crippen molar-refractivity contribution in [2.45, 2.75) is 118 Å². The number of phenols is 1. The highest BCUT2D eigenvalue weighted by atomic mass is 16.5. The Bertz CT molecular complexity index is 1200. The van der Waals surface area contributed by atoms with Crippen LogP contribution >= 0.6 is 0 Å². The van der Waals surface area contributed by atoms with Crippen LogP contribution in [-0.2, 0) is 9.53 Å². The number of hydrogen-bond acceptors (Lipinski definition) is 4. The smallest absolute Gasteiger partial charge is 0.331 e. The Morgan fingerprint density at radius 2 is 1.86 bits per heavy atom. The molecular formula is C39H58O4. The minimum atomic E-state index is -0.298. The van der Waals surface area contributed by atoms with E-state index in [-0.39, 0.29) is 23.2 Å². The minimum absolute atomic E-state index is 0.0502. The Morgan fingerprint density at radius 1 is 1.07 bits per heavy atom. The predicted octanol–water partition coefficient (Wildman–Crippen LogP) is 10.0. The number of rotatable bonds is 10. The molecule has 1 aromatic rings. The first-order chi connectivity index (χ1) is 20.5. The second-order valence-corrected chi connectivity index (χ2v) is 15.5. The fourth-order valence-electron chi connectivity index (χ4n) is 10.6. The van der Waals surface area contributed by atoms with Gasteiger partial charge in [0.05, 0.1) is 7.11 Å². The predicted molar refractivity (Wildman–Crippen MR) is 176 cm³/mol. The summed E-state index contributed by atoms with van der Waals surface area (Å²) in [5, 5.41) is 9.82. The van der Waals surface area contributed by atoms with Gasteiger partial charge < -0.3 is 14.6 Å². The molecule has 1 aromatic carbocycles. The first-order valence-corrected chi connectivity index (χ1v) is 17.4. The molecule has 0 spiro atoms. The van der Waals surface area contributed by atoms with E-state index in [0.29, 0.717) is 11.2 Å². The molecule has 4 aliphatic rings. The molecule has 4 nitrogen and oxygen atoms in total. The van der Waals surface area contributed by atoms with Gasteiger partial charge in [0.15, 0.2) is 11.5 Å². The molecule has 0 aromatic heterocycles. The number of ether oxygens (including phenoxy) is 2. The van der Waals surface area contributed by atoms with Crippen LogP contribution in [0.15, 0.2) is 35.9 Å². The van der Waals surface area contributed by atoms with Crippen molar-refractivity contribution in [3.8, 4) is 11.5 Å². The standard InChI is InChI=1S/C39H58O4/c1-8-28(25(2)3)12-9-26(4)32-15-16-33-31-14-13-29-24-30(19-21-38(29,5)34(31)20-22-39(32,33)6)43-37(41)18-11-27-10-17-35(40)36(23-27)42-7/h10-11,13,17-18,23,25-26,28,30-34,40H,8-9,12,14-16,19-22,24H2,1-7H3/b18-11+/t26-,28-,30+,31+,32-,33?,34+,38+,39-/m1/s1. The highest BCUT2D eigenvalue weighted by molar-refractivity contribution is 5.87. The summed E-state index contributed by atoms with van der Waals surface area (Å²) in [6.45, 7) is 15.0. The van der Waals surface area contributed by atoms with Gasteiger partial charge in [0.25, 0.3) is 0 Å². The van der Waals surface area contributed by atoms with Crippen molar-refractivity contribution in [3.05, 3.63) is 41.5 Å². The van der Waals surface area contributed by atoms with E-state index in [0.717, 1.165) is 66.3 Å². The van der Waals surface area contributed by atoms with E-state index in [9.17, 15) is 9.90 Å². The highest BCUT2D eigenvalue weighted by Crippen LogP contribution is 2.67. The van der Waals surface area contributed by atoms with E-state index < -0.39 is 0 Å². The lowest BCUT2D eigenvalue weighted by atomic mass is 9.47. The van der Waals surface area contributed by atoms with Crippen molar-refractivity contribution in [2.24, 2.45) is 52.3 Å². The average Bonchev–Trinajstić information content (AvgIpc) is 3.34. The zero-order chi connectivity index (χ0) is 30.9. The molecule has 0 heterocycles. The fraction of sp³-hybridized carbons (Fsp3) is 0.718. The van der Waals surface area contributed by atoms with Gasteiger partial charge in [-0.2, -0.15) is 0 Å². The van der Waals surface area contributed by atoms with E-state index in [1.54, 1.807) is 29.8 Å². The molecule has 5 rings (SSSR count). The number of benzene rings is 1. The minimum Gasteiger partial charge on any atom is -0.504 e. The Morgan fingerprint density at radius 3 is 2.58 bits per heavy atom. The van der Waals surface area contributed by atoms with Crippen molar-refractivity contribution in [1.82, 2.24) is 0 Å². The van der Waals surface area contributed by atoms with Crippen LogP contribution in [0.2, 0.25) is 0 Å². The lowest BCUT2D eigenvalue weighted by Gasteiger charge is -2.58. The molecule has 0 amide bonds. The SMILES string of the molecule is CC[C@H](CC[C@@H](C)[C@H]1CCC2[C@@H]3CC=C4C[C@@H](OC(=O)/C=C/c5ccc(O)c(OC)c5)CC[C@]4(C)[C@H]3CC[C@@]21C)C(C)C. The van der Waals surface area contributed by atoms with Crippen LogP contribution in [0.3, 0.4) is 0 Å². The molecular weight excluding hydrogens is 532 g/mol. The molecule has 9 atom stereocenters. The van der Waals surface area contributed by atoms with Crippen molar-refractivity contribution in [1.29, 1.82) is 0 Å². The lowest BCUT2D eigenvalue weighted by Crippen LogP contribution is -2.51. The van der Waals surface area contributed by atoms with Crippen LogP contribution < -0.4 is 4.74 Å². The first kappa shape index (κ1) is 32.2. The Kier molecular flexibility index (Phi) is 9.74. The van der Waals surface area contributed by atoms with Gasteiger partial charge >= 0.3 is 5.97 Å². The maximum Gasteiger partial charge on any atom is 0.331 e. The van der Waals surface area contributed by atoms with Gasteiger partial charge in [-0.05, 0) is 127 Å². The number of allylic oxidation sites excluding steroid dienone is 1. The van der Waals surface area contributed by atoms with Crippen LogP contribution in [0.1, 0.15) is 118 Å². The second-order valence-electron chi connectivity index (χ2n) is 15.5. The first-order valence-electron chi connectivity index (χ1n) is 17.4. The summed E-state index contributed by atoms with van der Waals surface area (Å²) in [4.78, 5) is 12.7. The third-order valence-corrected chi connectivity index (χ3v) is 13.2. The second kappa shape index (κ2) is 13.0. The lowest BCUT2D eigenvalue weighted by molar-refractivity contribution is -0.145. The molecule has 0 aliphatic heterocycles. The summed E-state index contributed by atoms with van der Waals surface area (Å²) >= 11 is 0. The average molecular weight is 591 g/mol. The molecule has 238 valence electrons. The normalized spacial score (nSPS) is 35.1. The van der Waals surface area contributed by atoms with Gasteiger partial charge in [-0.1, -0.05) is 72.1 Å². The molecule has 0 bridgehead atoms. The molecule has 0 saturated heterocycles. The number of carbonyl (C=O) groups excluding carboxylic acids is 1. The molecule has 4 aliphatic carbocycles. The topological polar surface area (TPSA) is 55.8 Å². The molecule has 3 fully saturated rings. The quantitative estimate of drug-likeness (QED) is 0.167. The maximum atomic E-state index is 12.7. The molecule has 1 N–H and O–H groups in total. The third kappa shape index (κ3) is 6.32. The zero-order valence-corrected chi connectivity index (χ0v) is 28.0. The Balaban J connectivity index is 1.20. The maximum absolute atomic E-state index is 12.7. The van der Waals surface area contributed by atoms with E-state index >= 15 is 0 Å². The molecule has 3 saturated carbocycles. The van der Waals surface area contributed by atoms with Crippen LogP contribution in [-0.4, -0.2) is 24.3 Å². The number of carbonyl (C=O) groups is 1. The summed E-state index contributed by atoms with van der Waals surface area (Å²) in [6.07, 6.45) is 19.6. The van der Waals surface area contributed by atoms with E-state index in [4.69, 9.17) is 9.47 Å². The van der Waals surface area contributed by atoms with Gasteiger partial charge in [-0.15, -0.1) is 0 Å². The number of esters is 1. The van der Waals surface area contributed by atoms with Gasteiger partial charge in [0.2, 0.25) is 0 Å². The largest absolute Gasteiger partial charge is 0.504 e. The molecule has 1 unspecified atom stereocenters. The number of methoxy groups -OCH3 is 1. The van der Waals surface area contributed by atoms with Crippen molar-refractivity contribution in [2.75, 3.05) is 7.11 Å². The van der Waals surface area contributed by atoms with Crippen LogP contribution in [0.4, 0.5) is 0 Å². The molecule has 43 heavy (non-hydrogen) atoms. The van der Waals surface area contributed by atoms with E-state index in [1.807, 2.05) is 0 Å². The van der Waals surface area contributed by atoms with E-state index in [2.05, 4.69) is 47.6 Å². The third-order valence-electron chi connectivity index (χ3n) is 13.2. The van der Waals surface area contributed by atoms with Crippen LogP contribution in [0.5, 0.6) is 11.5 Å². The Hall–Kier alpha value is -2.23. The summed E-state index contributed by atoms with van der Waals surface area (Å²) in [5.74, 6) is 6.01. The number of aromatic hydroxyl groups is 1. The highest BCUT2D eigenvalue weighted by Gasteiger charge is 2.59. The van der Waals surface area contributed by atoms with Gasteiger partial charge in [-0.25, -0.2) is 4.79 Å². The fourth-order valence-corrected chi connectivity index (χ4v) is 10.6. The monoisotopic (exact) mass is 590 g/mol. The Labute approximate surface area is 261 Å². The van der Waals surface area contributed by atoms with Gasteiger partial charge in [0.1, 0.15) is 6.10 Å². The number of phenolic OH excluding ortho intramolecular Hbond substituents is 1. The van der Waals surface area contributed by atoms with Crippen molar-refractivity contribution < 1.29 is 19.4 Å². The molecule has 4 heteroatoms. The summed E-state index contributed by atoms with van der Waals surface area (Å²) < 4.78 is 11.1. The number of hydrogen-bond donors (Lipinski definition) is 1. The van der Waals surface area contributed by atoms with Crippen molar-refractivity contribution in [3.63, 3.8) is 0 Å². The summed E-state index contributed by atoms with van der Waals surface area (Å²) in [5.41, 5.74) is 3.09. The van der Waals surface area contributed by atoms with Gasteiger partial charge in [-0.3, -0.25) is 0 Å². The van der Waals surface area contributed by atoms with Crippen LogP contribution in [0, 0.1) is 52.3 Å². The van der Waals surface area contributed by atoms with Crippen LogP contribution in [0.25, 0.3) is 6.08 Å². The van der Waals surface area contributed by atoms with Gasteiger partial charge in [0, 0.05) is 12.5 Å². The summed E-state index contributed by atoms with van der Waals surface area (Å²) in [6, 6.07) is 5.05. The summed E-state index contributed by atoms with van der Waals surface area (Å²) in [7, 11) is 1.52. The molecule has 0 radical (unpaired) electrons.